The summed E-state index contributed by atoms with van der Waals surface area (Å²) >= 11 is 1.58. The SMILES string of the molecule is CN(C)C(=O)CNC(=NCc1ccc(Sc2ccc(F)cc2)cc1)NCC1CCOC1. The van der Waals surface area contributed by atoms with Crippen LogP contribution in [0, 0.1) is 11.7 Å². The molecule has 2 N–H and O–H groups in total. The minimum absolute atomic E-state index is 0.0131. The van der Waals surface area contributed by atoms with Gasteiger partial charge in [-0.3, -0.25) is 4.79 Å². The molecule has 1 unspecified atom stereocenters. The number of rotatable bonds is 8. The lowest BCUT2D eigenvalue weighted by molar-refractivity contribution is -0.127. The second-order valence-corrected chi connectivity index (χ2v) is 8.76. The van der Waals surface area contributed by atoms with Crippen LogP contribution in [-0.4, -0.2) is 57.2 Å². The minimum atomic E-state index is -0.233. The van der Waals surface area contributed by atoms with Crippen molar-refractivity contribution in [1.82, 2.24) is 15.5 Å². The number of ether oxygens (including phenoxy) is 1. The summed E-state index contributed by atoms with van der Waals surface area (Å²) in [4.78, 5) is 20.2. The standard InChI is InChI=1S/C23H29FN4O2S/c1-28(2)22(29)15-27-23(26-14-18-11-12-30-16-18)25-13-17-3-7-20(8-4-17)31-21-9-5-19(24)6-10-21/h3-10,18H,11-16H2,1-2H3,(H2,25,26,27). The first-order valence-electron chi connectivity index (χ1n) is 10.3. The van der Waals surface area contributed by atoms with Crippen molar-refractivity contribution >= 4 is 23.6 Å². The van der Waals surface area contributed by atoms with Crippen LogP contribution in [0.2, 0.25) is 0 Å². The van der Waals surface area contributed by atoms with E-state index in [9.17, 15) is 9.18 Å². The number of benzene rings is 2. The zero-order valence-corrected chi connectivity index (χ0v) is 18.8. The van der Waals surface area contributed by atoms with E-state index in [1.54, 1.807) is 42.9 Å². The molecule has 0 aliphatic carbocycles. The van der Waals surface area contributed by atoms with Crippen LogP contribution in [0.3, 0.4) is 0 Å². The second kappa shape index (κ2) is 11.7. The van der Waals surface area contributed by atoms with Gasteiger partial charge in [0.2, 0.25) is 5.91 Å². The van der Waals surface area contributed by atoms with Gasteiger partial charge in [-0.05, 0) is 48.4 Å². The van der Waals surface area contributed by atoms with Gasteiger partial charge in [-0.15, -0.1) is 0 Å². The molecule has 1 atom stereocenters. The lowest BCUT2D eigenvalue weighted by Gasteiger charge is -2.16. The number of hydrogen-bond acceptors (Lipinski definition) is 4. The Morgan fingerprint density at radius 2 is 1.81 bits per heavy atom. The Bertz CT molecular complexity index is 866. The molecule has 1 amide bonds. The van der Waals surface area contributed by atoms with Crippen LogP contribution >= 0.6 is 11.8 Å². The number of guanidine groups is 1. The summed E-state index contributed by atoms with van der Waals surface area (Å²) < 4.78 is 18.5. The maximum absolute atomic E-state index is 13.1. The molecular formula is C23H29FN4O2S. The molecule has 0 radical (unpaired) electrons. The van der Waals surface area contributed by atoms with Crippen LogP contribution in [0.5, 0.6) is 0 Å². The van der Waals surface area contributed by atoms with Crippen molar-refractivity contribution in [1.29, 1.82) is 0 Å². The largest absolute Gasteiger partial charge is 0.381 e. The third-order valence-corrected chi connectivity index (χ3v) is 5.90. The first kappa shape index (κ1) is 23.1. The molecule has 0 saturated carbocycles. The number of likely N-dealkylation sites (N-methyl/N-ethyl adjacent to an activating group) is 1. The molecule has 166 valence electrons. The van der Waals surface area contributed by atoms with E-state index in [1.807, 2.05) is 24.3 Å². The normalized spacial score (nSPS) is 16.2. The summed E-state index contributed by atoms with van der Waals surface area (Å²) in [5.41, 5.74) is 1.06. The Morgan fingerprint density at radius 1 is 1.13 bits per heavy atom. The quantitative estimate of drug-likeness (QED) is 0.484. The molecule has 31 heavy (non-hydrogen) atoms. The number of nitrogens with one attached hydrogen (secondary N) is 2. The van der Waals surface area contributed by atoms with Gasteiger partial charge >= 0.3 is 0 Å². The van der Waals surface area contributed by atoms with E-state index < -0.39 is 0 Å². The van der Waals surface area contributed by atoms with E-state index in [-0.39, 0.29) is 18.3 Å². The van der Waals surface area contributed by atoms with Gasteiger partial charge in [-0.2, -0.15) is 0 Å². The fourth-order valence-electron chi connectivity index (χ4n) is 2.95. The molecule has 2 aromatic rings. The summed E-state index contributed by atoms with van der Waals surface area (Å²) in [6, 6.07) is 14.6. The molecule has 1 aliphatic rings. The lowest BCUT2D eigenvalue weighted by Crippen LogP contribution is -2.44. The third kappa shape index (κ3) is 7.88. The zero-order chi connectivity index (χ0) is 22.1. The summed E-state index contributed by atoms with van der Waals surface area (Å²) in [5, 5.41) is 6.44. The van der Waals surface area contributed by atoms with Crippen molar-refractivity contribution in [3.63, 3.8) is 0 Å². The Hall–Kier alpha value is -2.58. The van der Waals surface area contributed by atoms with E-state index in [2.05, 4.69) is 15.6 Å². The summed E-state index contributed by atoms with van der Waals surface area (Å²) in [7, 11) is 3.46. The maximum atomic E-state index is 13.1. The molecule has 0 aromatic heterocycles. The van der Waals surface area contributed by atoms with E-state index in [0.717, 1.165) is 41.5 Å². The predicted molar refractivity (Wildman–Crippen MR) is 122 cm³/mol. The Kier molecular flexibility index (Phi) is 8.73. The first-order valence-corrected chi connectivity index (χ1v) is 11.1. The number of aliphatic imine (C=N–C) groups is 1. The molecule has 0 bridgehead atoms. The minimum Gasteiger partial charge on any atom is -0.381 e. The fraction of sp³-hybridized carbons (Fsp3) is 0.391. The number of carbonyl (C=O) groups is 1. The van der Waals surface area contributed by atoms with Gasteiger partial charge in [0.25, 0.3) is 0 Å². The molecule has 8 heteroatoms. The molecule has 0 spiro atoms. The first-order chi connectivity index (χ1) is 15.0. The van der Waals surface area contributed by atoms with E-state index in [1.165, 1.54) is 12.1 Å². The molecule has 1 saturated heterocycles. The summed E-state index contributed by atoms with van der Waals surface area (Å²) in [6.45, 7) is 2.99. The van der Waals surface area contributed by atoms with Gasteiger partial charge in [0.15, 0.2) is 5.96 Å². The van der Waals surface area contributed by atoms with Crippen molar-refractivity contribution < 1.29 is 13.9 Å². The zero-order valence-electron chi connectivity index (χ0n) is 17.9. The molecule has 1 aliphatic heterocycles. The van der Waals surface area contributed by atoms with Crippen LogP contribution in [0.1, 0.15) is 12.0 Å². The molecule has 2 aromatic carbocycles. The number of carbonyl (C=O) groups excluding carboxylic acids is 1. The van der Waals surface area contributed by atoms with Crippen molar-refractivity contribution in [2.24, 2.45) is 10.9 Å². The fourth-order valence-corrected chi connectivity index (χ4v) is 3.77. The average molecular weight is 445 g/mol. The molecule has 3 rings (SSSR count). The van der Waals surface area contributed by atoms with Crippen LogP contribution < -0.4 is 10.6 Å². The third-order valence-electron chi connectivity index (χ3n) is 4.88. The maximum Gasteiger partial charge on any atom is 0.241 e. The van der Waals surface area contributed by atoms with Crippen molar-refractivity contribution in [3.05, 3.63) is 59.9 Å². The highest BCUT2D eigenvalue weighted by molar-refractivity contribution is 7.99. The number of hydrogen-bond donors (Lipinski definition) is 2. The summed E-state index contributed by atoms with van der Waals surface area (Å²) in [6.07, 6.45) is 1.03. The van der Waals surface area contributed by atoms with Crippen LogP contribution in [0.4, 0.5) is 4.39 Å². The van der Waals surface area contributed by atoms with E-state index in [4.69, 9.17) is 4.74 Å². The molecule has 6 nitrogen and oxygen atoms in total. The number of nitrogens with zero attached hydrogens (tertiary/aromatic N) is 2. The molecular weight excluding hydrogens is 415 g/mol. The lowest BCUT2D eigenvalue weighted by atomic mass is 10.1. The van der Waals surface area contributed by atoms with E-state index >= 15 is 0 Å². The second-order valence-electron chi connectivity index (χ2n) is 7.62. The highest BCUT2D eigenvalue weighted by atomic mass is 32.2. The van der Waals surface area contributed by atoms with Gasteiger partial charge in [0.05, 0.1) is 19.7 Å². The van der Waals surface area contributed by atoms with Crippen LogP contribution in [0.25, 0.3) is 0 Å². The van der Waals surface area contributed by atoms with Gasteiger partial charge in [0.1, 0.15) is 5.82 Å². The highest BCUT2D eigenvalue weighted by Gasteiger charge is 2.16. The van der Waals surface area contributed by atoms with Crippen molar-refractivity contribution in [2.75, 3.05) is 40.4 Å². The van der Waals surface area contributed by atoms with Crippen LogP contribution in [0.15, 0.2) is 63.3 Å². The van der Waals surface area contributed by atoms with Crippen molar-refractivity contribution in [2.45, 2.75) is 22.8 Å². The summed E-state index contributed by atoms with van der Waals surface area (Å²) in [5.74, 6) is 0.829. The smallest absolute Gasteiger partial charge is 0.241 e. The Balaban J connectivity index is 1.57. The van der Waals surface area contributed by atoms with Crippen molar-refractivity contribution in [3.8, 4) is 0 Å². The molecule has 1 fully saturated rings. The highest BCUT2D eigenvalue weighted by Crippen LogP contribution is 2.27. The van der Waals surface area contributed by atoms with Crippen LogP contribution in [-0.2, 0) is 16.1 Å². The van der Waals surface area contributed by atoms with Gasteiger partial charge in [0, 0.05) is 43.0 Å². The van der Waals surface area contributed by atoms with Gasteiger partial charge in [-0.1, -0.05) is 23.9 Å². The average Bonchev–Trinajstić information content (AvgIpc) is 3.29. The predicted octanol–water partition coefficient (Wildman–Crippen LogP) is 3.14. The van der Waals surface area contributed by atoms with Gasteiger partial charge in [-0.25, -0.2) is 9.38 Å². The van der Waals surface area contributed by atoms with Gasteiger partial charge < -0.3 is 20.3 Å². The number of amides is 1. The molecule has 1 heterocycles. The topological polar surface area (TPSA) is 66.0 Å². The van der Waals surface area contributed by atoms with E-state index in [0.29, 0.717) is 18.4 Å². The Morgan fingerprint density at radius 3 is 2.42 bits per heavy atom. The monoisotopic (exact) mass is 444 g/mol. The number of halogens is 1. The Labute approximate surface area is 187 Å².